The molecule has 1 unspecified atom stereocenters. The van der Waals surface area contributed by atoms with E-state index in [1.165, 1.54) is 44.1 Å². The highest BCUT2D eigenvalue weighted by Crippen LogP contribution is 2.30. The average molecular weight is 338 g/mol. The molecule has 0 heterocycles. The van der Waals surface area contributed by atoms with E-state index in [1.54, 1.807) is 0 Å². The van der Waals surface area contributed by atoms with Gasteiger partial charge in [0, 0.05) is 23.7 Å². The van der Waals surface area contributed by atoms with E-state index in [4.69, 9.17) is 4.74 Å². The molecule has 1 atom stereocenters. The van der Waals surface area contributed by atoms with Gasteiger partial charge in [0.2, 0.25) is 0 Å². The molecule has 2 fully saturated rings. The summed E-state index contributed by atoms with van der Waals surface area (Å²) in [6, 6.07) is 9.26. The maximum absolute atomic E-state index is 6.18. The molecule has 1 aromatic rings. The number of rotatable bonds is 8. The normalized spacial score (nSPS) is 20.6. The Kier molecular flexibility index (Phi) is 5.14. The minimum Gasteiger partial charge on any atom is -0.372 e. The third-order valence-electron chi connectivity index (χ3n) is 4.46. The number of nitrogens with one attached hydrogen (secondary N) is 1. The monoisotopic (exact) mass is 337 g/mol. The predicted octanol–water partition coefficient (Wildman–Crippen LogP) is 4.45. The van der Waals surface area contributed by atoms with Crippen LogP contribution >= 0.6 is 15.9 Å². The van der Waals surface area contributed by atoms with Crippen LogP contribution in [0.4, 0.5) is 0 Å². The zero-order valence-corrected chi connectivity index (χ0v) is 13.6. The van der Waals surface area contributed by atoms with Crippen molar-refractivity contribution in [3.63, 3.8) is 0 Å². The summed E-state index contributed by atoms with van der Waals surface area (Å²) in [6.07, 6.45) is 8.31. The third-order valence-corrected chi connectivity index (χ3v) is 4.95. The minimum absolute atomic E-state index is 0.188. The number of halogens is 1. The Morgan fingerprint density at radius 2 is 2.10 bits per heavy atom. The van der Waals surface area contributed by atoms with Gasteiger partial charge in [0.15, 0.2) is 0 Å². The lowest BCUT2D eigenvalue weighted by atomic mass is 9.83. The van der Waals surface area contributed by atoms with Gasteiger partial charge in [-0.1, -0.05) is 47.3 Å². The van der Waals surface area contributed by atoms with E-state index in [1.807, 2.05) is 0 Å². The molecular weight excluding hydrogens is 314 g/mol. The molecule has 2 saturated carbocycles. The van der Waals surface area contributed by atoms with Crippen molar-refractivity contribution in [2.75, 3.05) is 13.2 Å². The number of ether oxygens (including phenoxy) is 1. The van der Waals surface area contributed by atoms with Crippen molar-refractivity contribution in [3.8, 4) is 0 Å². The molecule has 0 saturated heterocycles. The van der Waals surface area contributed by atoms with Gasteiger partial charge in [-0.15, -0.1) is 0 Å². The van der Waals surface area contributed by atoms with Gasteiger partial charge in [-0.05, 0) is 42.9 Å². The van der Waals surface area contributed by atoms with Crippen molar-refractivity contribution in [2.24, 2.45) is 5.92 Å². The van der Waals surface area contributed by atoms with E-state index in [2.05, 4.69) is 45.5 Å². The fraction of sp³-hybridized carbons (Fsp3) is 0.647. The zero-order chi connectivity index (χ0) is 13.8. The van der Waals surface area contributed by atoms with Crippen LogP contribution < -0.4 is 5.32 Å². The van der Waals surface area contributed by atoms with Gasteiger partial charge in [0.05, 0.1) is 6.10 Å². The summed E-state index contributed by atoms with van der Waals surface area (Å²) in [7, 11) is 0. The Balaban J connectivity index is 1.53. The summed E-state index contributed by atoms with van der Waals surface area (Å²) in [6.45, 7) is 1.83. The molecular formula is C17H24BrNO. The number of hydrogen-bond acceptors (Lipinski definition) is 2. The summed E-state index contributed by atoms with van der Waals surface area (Å²) in [5, 5.41) is 3.60. The summed E-state index contributed by atoms with van der Waals surface area (Å²) < 4.78 is 7.32. The van der Waals surface area contributed by atoms with E-state index < -0.39 is 0 Å². The molecule has 2 aliphatic rings. The van der Waals surface area contributed by atoms with Crippen molar-refractivity contribution < 1.29 is 4.74 Å². The van der Waals surface area contributed by atoms with Gasteiger partial charge >= 0.3 is 0 Å². The van der Waals surface area contributed by atoms with Crippen molar-refractivity contribution in [2.45, 2.75) is 50.7 Å². The van der Waals surface area contributed by atoms with Crippen LogP contribution in [0.3, 0.4) is 0 Å². The Morgan fingerprint density at radius 1 is 1.25 bits per heavy atom. The molecule has 3 rings (SSSR count). The molecule has 0 aliphatic heterocycles. The second-order valence-electron chi connectivity index (χ2n) is 6.18. The summed E-state index contributed by atoms with van der Waals surface area (Å²) in [4.78, 5) is 0. The lowest BCUT2D eigenvalue weighted by Crippen LogP contribution is -2.26. The highest BCUT2D eigenvalue weighted by Gasteiger charge is 2.23. The fourth-order valence-electron chi connectivity index (χ4n) is 2.70. The van der Waals surface area contributed by atoms with E-state index in [0.29, 0.717) is 0 Å². The van der Waals surface area contributed by atoms with Crippen LogP contribution in [-0.4, -0.2) is 19.2 Å². The Hall–Kier alpha value is -0.380. The van der Waals surface area contributed by atoms with Crippen LogP contribution in [0.2, 0.25) is 0 Å². The first-order chi connectivity index (χ1) is 9.81. The largest absolute Gasteiger partial charge is 0.372 e. The van der Waals surface area contributed by atoms with Crippen LogP contribution in [0.25, 0.3) is 0 Å². The van der Waals surface area contributed by atoms with Crippen LogP contribution in [0.15, 0.2) is 28.7 Å². The van der Waals surface area contributed by atoms with Gasteiger partial charge in [-0.3, -0.25) is 0 Å². The van der Waals surface area contributed by atoms with Crippen LogP contribution in [0, 0.1) is 5.92 Å². The Labute approximate surface area is 130 Å². The fourth-order valence-corrected chi connectivity index (χ4v) is 3.12. The van der Waals surface area contributed by atoms with Crippen LogP contribution in [0.1, 0.15) is 50.2 Å². The standard InChI is InChI=1S/C17H24BrNO/c18-15-6-2-5-14(11-15)17(12-19-16-7-8-16)20-10-9-13-3-1-4-13/h2,5-6,11,13,16-17,19H,1,3-4,7-10,12H2. The second kappa shape index (κ2) is 7.06. The van der Waals surface area contributed by atoms with Crippen LogP contribution in [-0.2, 0) is 4.74 Å². The first-order valence-corrected chi connectivity index (χ1v) is 8.71. The van der Waals surface area contributed by atoms with Gasteiger partial charge in [-0.2, -0.15) is 0 Å². The molecule has 3 heteroatoms. The molecule has 2 aliphatic carbocycles. The molecule has 0 radical (unpaired) electrons. The molecule has 0 amide bonds. The zero-order valence-electron chi connectivity index (χ0n) is 12.0. The van der Waals surface area contributed by atoms with E-state index in [0.717, 1.165) is 29.6 Å². The van der Waals surface area contributed by atoms with Gasteiger partial charge in [-0.25, -0.2) is 0 Å². The minimum atomic E-state index is 0.188. The smallest absolute Gasteiger partial charge is 0.0949 e. The lowest BCUT2D eigenvalue weighted by molar-refractivity contribution is 0.0369. The predicted molar refractivity (Wildman–Crippen MR) is 85.8 cm³/mol. The van der Waals surface area contributed by atoms with Crippen molar-refractivity contribution in [1.82, 2.24) is 5.32 Å². The van der Waals surface area contributed by atoms with Gasteiger partial charge < -0.3 is 10.1 Å². The van der Waals surface area contributed by atoms with Crippen molar-refractivity contribution in [1.29, 1.82) is 0 Å². The topological polar surface area (TPSA) is 21.3 Å². The molecule has 1 aromatic carbocycles. The molecule has 2 nitrogen and oxygen atoms in total. The maximum Gasteiger partial charge on any atom is 0.0949 e. The van der Waals surface area contributed by atoms with Gasteiger partial charge in [0.1, 0.15) is 0 Å². The number of hydrogen-bond donors (Lipinski definition) is 1. The van der Waals surface area contributed by atoms with Crippen LogP contribution in [0.5, 0.6) is 0 Å². The molecule has 0 aromatic heterocycles. The summed E-state index contributed by atoms with van der Waals surface area (Å²) >= 11 is 3.56. The molecule has 1 N–H and O–H groups in total. The van der Waals surface area contributed by atoms with E-state index in [-0.39, 0.29) is 6.10 Å². The average Bonchev–Trinajstić information content (AvgIpc) is 3.20. The summed E-state index contributed by atoms with van der Waals surface area (Å²) in [5.74, 6) is 0.926. The second-order valence-corrected chi connectivity index (χ2v) is 7.10. The number of benzene rings is 1. The van der Waals surface area contributed by atoms with Crippen molar-refractivity contribution >= 4 is 15.9 Å². The Morgan fingerprint density at radius 3 is 2.75 bits per heavy atom. The third kappa shape index (κ3) is 4.31. The first-order valence-electron chi connectivity index (χ1n) is 7.92. The highest BCUT2D eigenvalue weighted by atomic mass is 79.9. The quantitative estimate of drug-likeness (QED) is 0.756. The lowest BCUT2D eigenvalue weighted by Gasteiger charge is -2.26. The van der Waals surface area contributed by atoms with E-state index >= 15 is 0 Å². The highest BCUT2D eigenvalue weighted by molar-refractivity contribution is 9.10. The molecule has 0 bridgehead atoms. The van der Waals surface area contributed by atoms with Crippen molar-refractivity contribution in [3.05, 3.63) is 34.3 Å². The molecule has 110 valence electrons. The maximum atomic E-state index is 6.18. The van der Waals surface area contributed by atoms with E-state index in [9.17, 15) is 0 Å². The summed E-state index contributed by atoms with van der Waals surface area (Å²) in [5.41, 5.74) is 1.28. The van der Waals surface area contributed by atoms with Gasteiger partial charge in [0.25, 0.3) is 0 Å². The molecule has 20 heavy (non-hydrogen) atoms. The SMILES string of the molecule is Brc1cccc(C(CNC2CC2)OCCC2CCC2)c1. The first kappa shape index (κ1) is 14.6. The Bertz CT molecular complexity index is 429. The molecule has 0 spiro atoms.